The summed E-state index contributed by atoms with van der Waals surface area (Å²) in [5.41, 5.74) is 5.80. The average Bonchev–Trinajstić information content (AvgIpc) is 2.93. The third-order valence-corrected chi connectivity index (χ3v) is 8.00. The number of hydrogen-bond acceptors (Lipinski definition) is 5. The molecule has 0 rings (SSSR count). The van der Waals surface area contributed by atoms with Crippen molar-refractivity contribution in [2.75, 3.05) is 6.54 Å². The monoisotopic (exact) mass is 603 g/mol. The Bertz CT molecular complexity index is 528. The highest BCUT2D eigenvalue weighted by atomic mass is 35.5. The predicted molar refractivity (Wildman–Crippen MR) is 178 cm³/mol. The third kappa shape index (κ3) is 30.5. The lowest BCUT2D eigenvalue weighted by Gasteiger charge is -2.27. The number of hydrogen-bond donors (Lipinski definition) is 1. The van der Waals surface area contributed by atoms with Gasteiger partial charge < -0.3 is 15.2 Å². The number of carbonyl (C=O) groups is 2. The molecular formula is C35H70ClNO4. The molecule has 0 radical (unpaired) electrons. The number of esters is 2. The van der Waals surface area contributed by atoms with Gasteiger partial charge in [0.25, 0.3) is 5.79 Å². The maximum Gasteiger partial charge on any atom is 0.309 e. The maximum atomic E-state index is 12.3. The zero-order chi connectivity index (χ0) is 29.6. The predicted octanol–water partition coefficient (Wildman–Crippen LogP) is 11.1. The topological polar surface area (TPSA) is 78.6 Å². The minimum atomic E-state index is -1.36. The van der Waals surface area contributed by atoms with E-state index in [0.29, 0.717) is 12.8 Å². The summed E-state index contributed by atoms with van der Waals surface area (Å²) < 4.78 is 11.0. The fourth-order valence-electron chi connectivity index (χ4n) is 5.26. The van der Waals surface area contributed by atoms with E-state index in [1.807, 2.05) is 0 Å². The van der Waals surface area contributed by atoms with Gasteiger partial charge in [0.2, 0.25) is 0 Å². The lowest BCUT2D eigenvalue weighted by molar-refractivity contribution is -0.219. The second kappa shape index (κ2) is 32.1. The van der Waals surface area contributed by atoms with E-state index in [1.165, 1.54) is 128 Å². The summed E-state index contributed by atoms with van der Waals surface area (Å²) in [5.74, 6) is -2.02. The standard InChI is InChI=1S/C35H69NO4.ClH/c1-4-6-8-10-12-14-16-18-20-22-24-26-28-30-33(37)39-35(3,32-36)40-34(38)31-29-27-25-23-21-19-17-15-13-11-9-7-5-2;/h4-32,36H2,1-3H3;1H. The quantitative estimate of drug-likeness (QED) is 0.0484. The van der Waals surface area contributed by atoms with Crippen LogP contribution in [-0.2, 0) is 19.1 Å². The fourth-order valence-corrected chi connectivity index (χ4v) is 5.26. The van der Waals surface area contributed by atoms with Crippen LogP contribution in [0, 0.1) is 0 Å². The van der Waals surface area contributed by atoms with Crippen LogP contribution in [0.4, 0.5) is 0 Å². The van der Waals surface area contributed by atoms with Gasteiger partial charge in [-0.1, -0.05) is 168 Å². The Hall–Kier alpha value is -0.810. The van der Waals surface area contributed by atoms with Gasteiger partial charge in [-0.3, -0.25) is 9.59 Å². The molecule has 0 aromatic rings. The molecule has 2 N–H and O–H groups in total. The number of unbranched alkanes of at least 4 members (excludes halogenated alkanes) is 24. The molecule has 0 saturated heterocycles. The van der Waals surface area contributed by atoms with Gasteiger partial charge in [0.15, 0.2) is 0 Å². The Kier molecular flexibility index (Phi) is 33.1. The minimum Gasteiger partial charge on any atom is -0.421 e. The van der Waals surface area contributed by atoms with E-state index in [1.54, 1.807) is 6.92 Å². The molecule has 0 saturated carbocycles. The first kappa shape index (κ1) is 42.3. The van der Waals surface area contributed by atoms with Crippen LogP contribution in [-0.4, -0.2) is 24.3 Å². The molecule has 0 amide bonds. The molecule has 0 aliphatic carbocycles. The molecule has 0 aliphatic heterocycles. The number of carbonyl (C=O) groups excluding carboxylic acids is 2. The number of nitrogens with two attached hydrogens (primary N) is 1. The molecule has 0 heterocycles. The molecule has 0 fully saturated rings. The molecule has 5 nitrogen and oxygen atoms in total. The Morgan fingerprint density at radius 3 is 0.902 bits per heavy atom. The van der Waals surface area contributed by atoms with Crippen molar-refractivity contribution in [3.63, 3.8) is 0 Å². The molecule has 0 aromatic heterocycles. The van der Waals surface area contributed by atoms with Crippen LogP contribution in [0.15, 0.2) is 0 Å². The van der Waals surface area contributed by atoms with Gasteiger partial charge in [0.1, 0.15) is 0 Å². The fraction of sp³-hybridized carbons (Fsp3) is 0.943. The molecule has 41 heavy (non-hydrogen) atoms. The van der Waals surface area contributed by atoms with E-state index >= 15 is 0 Å². The van der Waals surface area contributed by atoms with Gasteiger partial charge in [-0.05, 0) is 12.8 Å². The first-order valence-corrected chi connectivity index (χ1v) is 17.6. The Balaban J connectivity index is 0. The van der Waals surface area contributed by atoms with Crippen LogP contribution >= 0.6 is 12.4 Å². The van der Waals surface area contributed by atoms with Crippen LogP contribution < -0.4 is 5.73 Å². The third-order valence-electron chi connectivity index (χ3n) is 8.00. The Morgan fingerprint density at radius 1 is 0.463 bits per heavy atom. The van der Waals surface area contributed by atoms with E-state index in [0.717, 1.165) is 38.5 Å². The van der Waals surface area contributed by atoms with Crippen molar-refractivity contribution >= 4 is 24.3 Å². The lowest BCUT2D eigenvalue weighted by atomic mass is 10.0. The van der Waals surface area contributed by atoms with Crippen LogP contribution in [0.3, 0.4) is 0 Å². The number of rotatable bonds is 31. The normalized spacial score (nSPS) is 11.3. The van der Waals surface area contributed by atoms with Crippen molar-refractivity contribution in [3.8, 4) is 0 Å². The highest BCUT2D eigenvalue weighted by molar-refractivity contribution is 5.85. The Labute approximate surface area is 261 Å². The number of halogens is 1. The van der Waals surface area contributed by atoms with Gasteiger partial charge in [0.05, 0.1) is 6.54 Å². The molecule has 0 bridgehead atoms. The van der Waals surface area contributed by atoms with Gasteiger partial charge in [-0.2, -0.15) is 0 Å². The summed E-state index contributed by atoms with van der Waals surface area (Å²) in [4.78, 5) is 24.6. The highest BCUT2D eigenvalue weighted by Gasteiger charge is 2.31. The maximum absolute atomic E-state index is 12.3. The van der Waals surface area contributed by atoms with E-state index in [2.05, 4.69) is 13.8 Å². The summed E-state index contributed by atoms with van der Waals surface area (Å²) in [6, 6.07) is 0. The van der Waals surface area contributed by atoms with E-state index < -0.39 is 5.79 Å². The number of ether oxygens (including phenoxy) is 2. The molecule has 6 heteroatoms. The molecule has 0 aromatic carbocycles. The summed E-state index contributed by atoms with van der Waals surface area (Å²) >= 11 is 0. The summed E-state index contributed by atoms with van der Waals surface area (Å²) in [7, 11) is 0. The van der Waals surface area contributed by atoms with Crippen LogP contribution in [0.1, 0.15) is 201 Å². The van der Waals surface area contributed by atoms with Crippen molar-refractivity contribution in [1.82, 2.24) is 0 Å². The van der Waals surface area contributed by atoms with Crippen molar-refractivity contribution < 1.29 is 19.1 Å². The lowest BCUT2D eigenvalue weighted by Crippen LogP contribution is -2.43. The largest absolute Gasteiger partial charge is 0.421 e. The van der Waals surface area contributed by atoms with Gasteiger partial charge in [0, 0.05) is 19.8 Å². The van der Waals surface area contributed by atoms with Crippen LogP contribution in [0.2, 0.25) is 0 Å². The minimum absolute atomic E-state index is 0. The zero-order valence-corrected chi connectivity index (χ0v) is 28.4. The summed E-state index contributed by atoms with van der Waals surface area (Å²) in [6.45, 7) is 6.09. The second-order valence-corrected chi connectivity index (χ2v) is 12.3. The molecule has 0 aliphatic rings. The average molecular weight is 604 g/mol. The molecule has 0 atom stereocenters. The SMILES string of the molecule is CCCCCCCCCCCCCCCC(=O)OC(C)(CN)OC(=O)CCCCCCCCCCCCCCC.Cl. The molecular weight excluding hydrogens is 534 g/mol. The first-order valence-electron chi connectivity index (χ1n) is 17.6. The molecule has 246 valence electrons. The first-order chi connectivity index (χ1) is 19.5. The zero-order valence-electron chi connectivity index (χ0n) is 27.6. The van der Waals surface area contributed by atoms with Gasteiger partial charge in [-0.25, -0.2) is 0 Å². The van der Waals surface area contributed by atoms with Crippen molar-refractivity contribution in [3.05, 3.63) is 0 Å². The van der Waals surface area contributed by atoms with Crippen molar-refractivity contribution in [1.29, 1.82) is 0 Å². The van der Waals surface area contributed by atoms with E-state index in [4.69, 9.17) is 15.2 Å². The van der Waals surface area contributed by atoms with Crippen LogP contribution in [0.25, 0.3) is 0 Å². The van der Waals surface area contributed by atoms with Gasteiger partial charge in [-0.15, -0.1) is 12.4 Å². The smallest absolute Gasteiger partial charge is 0.309 e. The summed E-state index contributed by atoms with van der Waals surface area (Å²) in [5, 5.41) is 0. The highest BCUT2D eigenvalue weighted by Crippen LogP contribution is 2.18. The van der Waals surface area contributed by atoms with Crippen molar-refractivity contribution in [2.45, 2.75) is 206 Å². The van der Waals surface area contributed by atoms with Gasteiger partial charge >= 0.3 is 11.9 Å². The molecule has 0 unspecified atom stereocenters. The van der Waals surface area contributed by atoms with Crippen LogP contribution in [0.5, 0.6) is 0 Å². The van der Waals surface area contributed by atoms with E-state index in [-0.39, 0.29) is 30.9 Å². The van der Waals surface area contributed by atoms with Crippen molar-refractivity contribution in [2.24, 2.45) is 5.73 Å². The second-order valence-electron chi connectivity index (χ2n) is 12.3. The summed E-state index contributed by atoms with van der Waals surface area (Å²) in [6.07, 6.45) is 33.6. The molecule has 0 spiro atoms. The Morgan fingerprint density at radius 2 is 0.683 bits per heavy atom. The van der Waals surface area contributed by atoms with E-state index in [9.17, 15) is 9.59 Å².